The number of amides is 1. The molecule has 7 nitrogen and oxygen atoms in total. The molecule has 0 radical (unpaired) electrons. The third-order valence-corrected chi connectivity index (χ3v) is 10.3. The maximum Gasteiger partial charge on any atom is 0.221 e. The molecule has 1 aromatic carbocycles. The topological polar surface area (TPSA) is 109 Å². The van der Waals surface area contributed by atoms with Crippen molar-refractivity contribution >= 4 is 34.7 Å². The number of epoxide rings is 1. The number of benzene rings is 1. The predicted octanol–water partition coefficient (Wildman–Crippen LogP) is 4.76. The molecule has 2 heterocycles. The van der Waals surface area contributed by atoms with Gasteiger partial charge in [-0.25, -0.2) is 0 Å². The third-order valence-electron chi connectivity index (χ3n) is 10.3. The lowest BCUT2D eigenvalue weighted by Gasteiger charge is -2.53. The molecular weight excluding hydrogens is 504 g/mol. The van der Waals surface area contributed by atoms with Crippen molar-refractivity contribution in [3.8, 4) is 0 Å². The van der Waals surface area contributed by atoms with Crippen LogP contribution in [0.4, 0.5) is 0 Å². The molecule has 4 unspecified atom stereocenters. The zero-order valence-corrected chi connectivity index (χ0v) is 24.0. The molecule has 2 aliphatic carbocycles. The van der Waals surface area contributed by atoms with Crippen LogP contribution >= 0.6 is 0 Å². The van der Waals surface area contributed by atoms with E-state index in [0.717, 1.165) is 35.4 Å². The van der Waals surface area contributed by atoms with Gasteiger partial charge < -0.3 is 15.0 Å². The Morgan fingerprint density at radius 3 is 2.62 bits per heavy atom. The molecule has 40 heavy (non-hydrogen) atoms. The fourth-order valence-corrected chi connectivity index (χ4v) is 7.67. The minimum atomic E-state index is -0.733. The summed E-state index contributed by atoms with van der Waals surface area (Å²) in [5, 5.41) is 4.16. The number of ketones is 3. The average molecular weight is 545 g/mol. The van der Waals surface area contributed by atoms with Gasteiger partial charge in [0.05, 0.1) is 11.7 Å². The van der Waals surface area contributed by atoms with E-state index in [1.54, 1.807) is 6.92 Å². The molecule has 212 valence electrons. The number of Topliss-reactive ketones (excluding diaryl/α,β-unsaturated/α-hetero) is 1. The number of H-pyrrole nitrogens is 1. The molecule has 2 fully saturated rings. The molecule has 3 aliphatic rings. The number of carbonyl (C=O) groups is 4. The number of rotatable bonds is 5. The van der Waals surface area contributed by atoms with Gasteiger partial charge in [0.25, 0.3) is 0 Å². The monoisotopic (exact) mass is 544 g/mol. The maximum absolute atomic E-state index is 14.1. The number of fused-ring (bicyclic) bond motifs is 4. The van der Waals surface area contributed by atoms with E-state index in [1.165, 1.54) is 6.08 Å². The molecular formula is C33H40N2O5. The van der Waals surface area contributed by atoms with Crippen LogP contribution in [0.1, 0.15) is 53.0 Å². The van der Waals surface area contributed by atoms with Gasteiger partial charge in [0, 0.05) is 46.3 Å². The largest absolute Gasteiger partial charge is 0.365 e. The van der Waals surface area contributed by atoms with E-state index >= 15 is 0 Å². The molecule has 9 atom stereocenters. The number of nitrogens with one attached hydrogen (secondary N) is 2. The molecule has 0 spiro atoms. The molecule has 1 saturated carbocycles. The summed E-state index contributed by atoms with van der Waals surface area (Å²) in [6.45, 7) is 10.1. The molecule has 2 N–H and O–H groups in total. The fourth-order valence-electron chi connectivity index (χ4n) is 7.67. The minimum absolute atomic E-state index is 0.0911. The Morgan fingerprint density at radius 2 is 1.88 bits per heavy atom. The molecule has 1 aliphatic heterocycles. The zero-order chi connectivity index (χ0) is 28.8. The van der Waals surface area contributed by atoms with E-state index in [0.29, 0.717) is 12.8 Å². The SMILES string of the molecule is CC1CC=CC2[C@@H](C(=O)C=CC(=O)C(=O)C(C)C1)[C@](C)([C@H](Cc1c[nH]c3ccccc13)NC=O)C(C)[C@@]1(C)O[C@@H]21. The second-order valence-electron chi connectivity index (χ2n) is 12.6. The fraction of sp³-hybridized carbons (Fsp3) is 0.515. The van der Waals surface area contributed by atoms with E-state index in [1.807, 2.05) is 24.4 Å². The maximum atomic E-state index is 14.1. The van der Waals surface area contributed by atoms with Crippen LogP contribution in [0.3, 0.4) is 0 Å². The van der Waals surface area contributed by atoms with Crippen molar-refractivity contribution in [2.75, 3.05) is 0 Å². The Labute approximate surface area is 235 Å². The van der Waals surface area contributed by atoms with Crippen molar-refractivity contribution in [3.05, 3.63) is 60.3 Å². The quantitative estimate of drug-likeness (QED) is 0.244. The minimum Gasteiger partial charge on any atom is -0.365 e. The summed E-state index contributed by atoms with van der Waals surface area (Å²) in [4.78, 5) is 55.0. The van der Waals surface area contributed by atoms with E-state index in [-0.39, 0.29) is 29.6 Å². The van der Waals surface area contributed by atoms with Crippen LogP contribution in [0.15, 0.2) is 54.8 Å². The Hall–Kier alpha value is -3.32. The highest BCUT2D eigenvalue weighted by molar-refractivity contribution is 6.42. The lowest BCUT2D eigenvalue weighted by Crippen LogP contribution is -2.62. The Balaban J connectivity index is 1.61. The van der Waals surface area contributed by atoms with Crippen molar-refractivity contribution < 1.29 is 23.9 Å². The molecule has 7 heteroatoms. The smallest absolute Gasteiger partial charge is 0.221 e. The summed E-state index contributed by atoms with van der Waals surface area (Å²) >= 11 is 0. The number of aromatic nitrogens is 1. The van der Waals surface area contributed by atoms with Crippen molar-refractivity contribution in [2.24, 2.45) is 35.0 Å². The number of hydrogen-bond acceptors (Lipinski definition) is 5. The second kappa shape index (κ2) is 10.6. The Kier molecular flexibility index (Phi) is 7.47. The van der Waals surface area contributed by atoms with Crippen molar-refractivity contribution in [1.82, 2.24) is 10.3 Å². The summed E-state index contributed by atoms with van der Waals surface area (Å²) in [5.74, 6) is -2.44. The van der Waals surface area contributed by atoms with Crippen LogP contribution < -0.4 is 5.32 Å². The van der Waals surface area contributed by atoms with Crippen LogP contribution in [0, 0.1) is 35.0 Å². The predicted molar refractivity (Wildman–Crippen MR) is 153 cm³/mol. The van der Waals surface area contributed by atoms with Gasteiger partial charge in [0.2, 0.25) is 18.0 Å². The highest BCUT2D eigenvalue weighted by Crippen LogP contribution is 2.64. The molecule has 0 bridgehead atoms. The first-order valence-corrected chi connectivity index (χ1v) is 14.4. The summed E-state index contributed by atoms with van der Waals surface area (Å²) < 4.78 is 6.38. The van der Waals surface area contributed by atoms with Crippen molar-refractivity contribution in [3.63, 3.8) is 0 Å². The zero-order valence-electron chi connectivity index (χ0n) is 24.0. The van der Waals surface area contributed by atoms with Crippen LogP contribution in [-0.2, 0) is 30.3 Å². The number of hydrogen-bond donors (Lipinski definition) is 2. The Morgan fingerprint density at radius 1 is 1.12 bits per heavy atom. The van der Waals surface area contributed by atoms with Gasteiger partial charge >= 0.3 is 0 Å². The van der Waals surface area contributed by atoms with E-state index in [9.17, 15) is 19.2 Å². The highest BCUT2D eigenvalue weighted by atomic mass is 16.6. The van der Waals surface area contributed by atoms with Gasteiger partial charge in [-0.3, -0.25) is 19.2 Å². The lowest BCUT2D eigenvalue weighted by atomic mass is 9.50. The van der Waals surface area contributed by atoms with Gasteiger partial charge in [-0.2, -0.15) is 0 Å². The normalized spacial score (nSPS) is 37.1. The molecule has 1 saturated heterocycles. The molecule has 5 rings (SSSR count). The van der Waals surface area contributed by atoms with Crippen LogP contribution in [0.5, 0.6) is 0 Å². The first-order valence-electron chi connectivity index (χ1n) is 14.4. The van der Waals surface area contributed by atoms with Gasteiger partial charge in [0.15, 0.2) is 5.78 Å². The first kappa shape index (κ1) is 28.2. The van der Waals surface area contributed by atoms with Crippen LogP contribution in [-0.4, -0.2) is 46.5 Å². The highest BCUT2D eigenvalue weighted by Gasteiger charge is 2.72. The van der Waals surface area contributed by atoms with E-state index in [4.69, 9.17) is 4.74 Å². The van der Waals surface area contributed by atoms with Gasteiger partial charge in [0.1, 0.15) is 0 Å². The lowest BCUT2D eigenvalue weighted by molar-refractivity contribution is -0.136. The average Bonchev–Trinajstić information content (AvgIpc) is 3.47. The summed E-state index contributed by atoms with van der Waals surface area (Å²) in [6, 6.07) is 7.63. The number of ether oxygens (including phenoxy) is 1. The molecule has 1 amide bonds. The van der Waals surface area contributed by atoms with E-state index in [2.05, 4.69) is 56.2 Å². The standard InChI is InChI=1S/C33H40N2O5/c1-19-9-8-11-24-29(26(37)13-14-27(38)30(39)20(2)15-19)32(4,21(3)33(5)31(24)40-33)28(35-18-36)16-22-17-34-25-12-7-6-10-23(22)25/h6-8,10-14,17-21,24,28-29,31,34H,9,15-16H2,1-5H3,(H,35,36)/t19?,20?,21?,24?,28-,29-,31-,32-,33+/m0/s1. The van der Waals surface area contributed by atoms with Gasteiger partial charge in [-0.05, 0) is 61.8 Å². The van der Waals surface area contributed by atoms with Crippen LogP contribution in [0.2, 0.25) is 0 Å². The number of para-hydroxylation sites is 1. The van der Waals surface area contributed by atoms with Crippen LogP contribution in [0.25, 0.3) is 10.9 Å². The number of carbonyl (C=O) groups excluding carboxylic acids is 4. The number of allylic oxidation sites excluding steroid dienone is 3. The van der Waals surface area contributed by atoms with Gasteiger partial charge in [-0.15, -0.1) is 0 Å². The number of aromatic amines is 1. The summed E-state index contributed by atoms with van der Waals surface area (Å²) in [6.07, 6.45) is 11.1. The third kappa shape index (κ3) is 4.68. The van der Waals surface area contributed by atoms with E-state index < -0.39 is 40.5 Å². The second-order valence-corrected chi connectivity index (χ2v) is 12.6. The molecule has 1 aromatic heterocycles. The Bertz CT molecular complexity index is 1390. The summed E-state index contributed by atoms with van der Waals surface area (Å²) in [7, 11) is 0. The van der Waals surface area contributed by atoms with Gasteiger partial charge in [-0.1, -0.05) is 58.0 Å². The summed E-state index contributed by atoms with van der Waals surface area (Å²) in [5.41, 5.74) is 0.877. The first-order chi connectivity index (χ1) is 19.0. The van der Waals surface area contributed by atoms with Crippen molar-refractivity contribution in [1.29, 1.82) is 0 Å². The molecule has 2 aromatic rings. The van der Waals surface area contributed by atoms with Crippen molar-refractivity contribution in [2.45, 2.75) is 71.6 Å².